The summed E-state index contributed by atoms with van der Waals surface area (Å²) in [6.07, 6.45) is 1.09. The van der Waals surface area contributed by atoms with Crippen LogP contribution in [0.4, 0.5) is 0 Å². The van der Waals surface area contributed by atoms with E-state index in [9.17, 15) is 0 Å². The van der Waals surface area contributed by atoms with Crippen molar-refractivity contribution in [2.45, 2.75) is 16.6 Å². The van der Waals surface area contributed by atoms with E-state index >= 15 is 0 Å². The quantitative estimate of drug-likeness (QED) is 0.902. The first-order chi connectivity index (χ1) is 9.38. The van der Waals surface area contributed by atoms with Gasteiger partial charge >= 0.3 is 0 Å². The van der Waals surface area contributed by atoms with E-state index in [2.05, 4.69) is 35.6 Å². The summed E-state index contributed by atoms with van der Waals surface area (Å²) in [6.45, 7) is 1.01. The number of hydrogen-bond donors (Lipinski definition) is 1. The summed E-state index contributed by atoms with van der Waals surface area (Å²) in [5.74, 6) is 1.95. The van der Waals surface area contributed by atoms with E-state index in [-0.39, 0.29) is 0 Å². The Morgan fingerprint density at radius 2 is 1.79 bits per heavy atom. The second-order valence-corrected chi connectivity index (χ2v) is 5.83. The molecule has 1 aliphatic heterocycles. The molecule has 0 bridgehead atoms. The summed E-state index contributed by atoms with van der Waals surface area (Å²) in [5, 5.41) is 3.67. The molecular weight excluding hydrogens is 254 g/mol. The average molecular weight is 271 g/mol. The average Bonchev–Trinajstić information content (AvgIpc) is 2.61. The van der Waals surface area contributed by atoms with Crippen LogP contribution in [0.3, 0.4) is 0 Å². The van der Waals surface area contributed by atoms with E-state index in [0.717, 1.165) is 24.5 Å². The first-order valence-electron chi connectivity index (χ1n) is 6.55. The van der Waals surface area contributed by atoms with Gasteiger partial charge in [0, 0.05) is 10.8 Å². The van der Waals surface area contributed by atoms with Gasteiger partial charge in [0.1, 0.15) is 11.5 Å². The SMILES string of the molecule is CNCC[C@H]1Sc2ccccc2Oc2ccccc21. The maximum absolute atomic E-state index is 6.07. The van der Waals surface area contributed by atoms with E-state index in [1.54, 1.807) is 0 Å². The molecule has 1 aliphatic rings. The molecule has 0 radical (unpaired) electrons. The van der Waals surface area contributed by atoms with Crippen molar-refractivity contribution in [2.24, 2.45) is 0 Å². The Labute approximate surface area is 118 Å². The summed E-state index contributed by atoms with van der Waals surface area (Å²) >= 11 is 1.90. The number of nitrogens with one attached hydrogen (secondary N) is 1. The van der Waals surface area contributed by atoms with Gasteiger partial charge < -0.3 is 10.1 Å². The van der Waals surface area contributed by atoms with Crippen LogP contribution < -0.4 is 10.1 Å². The van der Waals surface area contributed by atoms with Gasteiger partial charge in [-0.15, -0.1) is 11.8 Å². The third-order valence-corrected chi connectivity index (χ3v) is 4.63. The number of rotatable bonds is 3. The van der Waals surface area contributed by atoms with Gasteiger partial charge in [-0.05, 0) is 38.2 Å². The zero-order valence-corrected chi connectivity index (χ0v) is 11.7. The predicted molar refractivity (Wildman–Crippen MR) is 80.1 cm³/mol. The largest absolute Gasteiger partial charge is 0.456 e. The maximum Gasteiger partial charge on any atom is 0.141 e. The molecule has 0 fully saturated rings. The molecule has 0 unspecified atom stereocenters. The van der Waals surface area contributed by atoms with Gasteiger partial charge in [-0.3, -0.25) is 0 Å². The molecule has 1 N–H and O–H groups in total. The molecule has 1 heterocycles. The minimum Gasteiger partial charge on any atom is -0.456 e. The van der Waals surface area contributed by atoms with Crippen molar-refractivity contribution in [2.75, 3.05) is 13.6 Å². The van der Waals surface area contributed by atoms with Crippen molar-refractivity contribution < 1.29 is 4.74 Å². The molecule has 98 valence electrons. The molecule has 2 aromatic carbocycles. The molecule has 0 aliphatic carbocycles. The Morgan fingerprint density at radius 1 is 1.05 bits per heavy atom. The smallest absolute Gasteiger partial charge is 0.141 e. The predicted octanol–water partition coefficient (Wildman–Crippen LogP) is 4.24. The van der Waals surface area contributed by atoms with E-state index < -0.39 is 0 Å². The van der Waals surface area contributed by atoms with E-state index in [4.69, 9.17) is 4.74 Å². The normalized spacial score (nSPS) is 17.0. The van der Waals surface area contributed by atoms with Crippen LogP contribution in [-0.4, -0.2) is 13.6 Å². The van der Waals surface area contributed by atoms with Crippen molar-refractivity contribution in [3.8, 4) is 11.5 Å². The summed E-state index contributed by atoms with van der Waals surface area (Å²) < 4.78 is 6.07. The highest BCUT2D eigenvalue weighted by Gasteiger charge is 2.23. The zero-order chi connectivity index (χ0) is 13.1. The molecular formula is C16H17NOS. The van der Waals surface area contributed by atoms with Crippen LogP contribution in [-0.2, 0) is 0 Å². The fourth-order valence-electron chi connectivity index (χ4n) is 2.30. The van der Waals surface area contributed by atoms with Gasteiger partial charge in [0.2, 0.25) is 0 Å². The number of para-hydroxylation sites is 2. The zero-order valence-electron chi connectivity index (χ0n) is 10.9. The second-order valence-electron chi connectivity index (χ2n) is 4.59. The van der Waals surface area contributed by atoms with Crippen LogP contribution in [0, 0.1) is 0 Å². The van der Waals surface area contributed by atoms with Crippen molar-refractivity contribution in [3.63, 3.8) is 0 Å². The topological polar surface area (TPSA) is 21.3 Å². The van der Waals surface area contributed by atoms with Crippen molar-refractivity contribution in [1.82, 2.24) is 5.32 Å². The molecule has 0 amide bonds. The summed E-state index contributed by atoms with van der Waals surface area (Å²) in [5.41, 5.74) is 1.29. The second kappa shape index (κ2) is 5.68. The molecule has 0 spiro atoms. The third-order valence-electron chi connectivity index (χ3n) is 3.26. The van der Waals surface area contributed by atoms with E-state index in [1.807, 2.05) is 37.0 Å². The summed E-state index contributed by atoms with van der Waals surface area (Å²) in [6, 6.07) is 16.6. The van der Waals surface area contributed by atoms with Gasteiger partial charge in [-0.2, -0.15) is 0 Å². The first kappa shape index (κ1) is 12.6. The minimum absolute atomic E-state index is 0.437. The number of ether oxygens (including phenoxy) is 1. The summed E-state index contributed by atoms with van der Waals surface area (Å²) in [7, 11) is 2.00. The molecule has 3 rings (SSSR count). The number of benzene rings is 2. The molecule has 3 heteroatoms. The monoisotopic (exact) mass is 271 g/mol. The Kier molecular flexibility index (Phi) is 3.76. The molecule has 0 saturated heterocycles. The Balaban J connectivity index is 2.01. The fourth-order valence-corrected chi connectivity index (χ4v) is 3.54. The lowest BCUT2D eigenvalue weighted by Crippen LogP contribution is -2.10. The molecule has 0 saturated carbocycles. The number of fused-ring (bicyclic) bond motifs is 2. The van der Waals surface area contributed by atoms with Crippen LogP contribution in [0.1, 0.15) is 17.2 Å². The maximum atomic E-state index is 6.07. The van der Waals surface area contributed by atoms with Crippen molar-refractivity contribution in [1.29, 1.82) is 0 Å². The fraction of sp³-hybridized carbons (Fsp3) is 0.250. The van der Waals surface area contributed by atoms with Crippen LogP contribution in [0.25, 0.3) is 0 Å². The van der Waals surface area contributed by atoms with Gasteiger partial charge in [-0.25, -0.2) is 0 Å². The van der Waals surface area contributed by atoms with E-state index in [0.29, 0.717) is 5.25 Å². The molecule has 2 nitrogen and oxygen atoms in total. The lowest BCUT2D eigenvalue weighted by Gasteiger charge is -2.15. The number of thioether (sulfide) groups is 1. The van der Waals surface area contributed by atoms with Crippen molar-refractivity contribution in [3.05, 3.63) is 54.1 Å². The summed E-state index contributed by atoms with van der Waals surface area (Å²) in [4.78, 5) is 1.22. The van der Waals surface area contributed by atoms with Gasteiger partial charge in [0.25, 0.3) is 0 Å². The third kappa shape index (κ3) is 2.62. The number of hydrogen-bond acceptors (Lipinski definition) is 3. The highest BCUT2D eigenvalue weighted by Crippen LogP contribution is 2.49. The van der Waals surface area contributed by atoms with Crippen LogP contribution in [0.15, 0.2) is 53.4 Å². The Bertz CT molecular complexity index is 570. The van der Waals surface area contributed by atoms with Gasteiger partial charge in [0.15, 0.2) is 0 Å². The van der Waals surface area contributed by atoms with E-state index in [1.165, 1.54) is 10.5 Å². The lowest BCUT2D eigenvalue weighted by molar-refractivity contribution is 0.467. The van der Waals surface area contributed by atoms with Gasteiger partial charge in [0.05, 0.1) is 4.90 Å². The highest BCUT2D eigenvalue weighted by molar-refractivity contribution is 7.99. The van der Waals surface area contributed by atoms with Crippen LogP contribution in [0.2, 0.25) is 0 Å². The molecule has 19 heavy (non-hydrogen) atoms. The van der Waals surface area contributed by atoms with Crippen molar-refractivity contribution >= 4 is 11.8 Å². The standard InChI is InChI=1S/C16H17NOS/c1-17-11-10-15-12-6-2-3-7-13(12)18-14-8-4-5-9-16(14)19-15/h2-9,15,17H,10-11H2,1H3/t15-/m1/s1. The van der Waals surface area contributed by atoms with Crippen LogP contribution >= 0.6 is 11.8 Å². The first-order valence-corrected chi connectivity index (χ1v) is 7.43. The van der Waals surface area contributed by atoms with Crippen LogP contribution in [0.5, 0.6) is 11.5 Å². The lowest BCUT2D eigenvalue weighted by atomic mass is 10.1. The molecule has 0 aromatic heterocycles. The highest BCUT2D eigenvalue weighted by atomic mass is 32.2. The molecule has 2 aromatic rings. The van der Waals surface area contributed by atoms with Gasteiger partial charge in [-0.1, -0.05) is 30.3 Å². The minimum atomic E-state index is 0.437. The Morgan fingerprint density at radius 3 is 2.63 bits per heavy atom. The molecule has 1 atom stereocenters. The Hall–Kier alpha value is -1.45.